The maximum absolute atomic E-state index is 12.7. The molecule has 0 spiro atoms. The molecule has 1 aromatic rings. The molecule has 1 aliphatic heterocycles. The number of nitrogens with zero attached hydrogens (tertiary/aromatic N) is 4. The Kier molecular flexibility index (Phi) is 22.4. The van der Waals surface area contributed by atoms with Crippen LogP contribution < -0.4 is 21.3 Å². The van der Waals surface area contributed by atoms with Crippen LogP contribution in [0.1, 0.15) is 77.6 Å². The Morgan fingerprint density at radius 2 is 1.65 bits per heavy atom. The molecule has 1 aromatic carbocycles. The summed E-state index contributed by atoms with van der Waals surface area (Å²) in [5, 5.41) is 38.6. The highest BCUT2D eigenvalue weighted by molar-refractivity contribution is 8.06. The molecule has 3 amide bonds. The number of terminal acetylenes is 1. The summed E-state index contributed by atoms with van der Waals surface area (Å²) < 4.78 is 0. The Bertz CT molecular complexity index is 1360. The van der Waals surface area contributed by atoms with E-state index in [2.05, 4.69) is 45.6 Å². The van der Waals surface area contributed by atoms with E-state index in [1.807, 2.05) is 45.9 Å². The molecule has 0 bridgehead atoms. The van der Waals surface area contributed by atoms with Crippen molar-refractivity contribution in [3.05, 3.63) is 45.8 Å². The van der Waals surface area contributed by atoms with Crippen LogP contribution in [0.2, 0.25) is 0 Å². The van der Waals surface area contributed by atoms with E-state index in [0.717, 1.165) is 43.6 Å². The summed E-state index contributed by atoms with van der Waals surface area (Å²) in [6.45, 7) is 19.3. The molecule has 0 radical (unpaired) electrons. The molecule has 5 N–H and O–H groups in total. The molecule has 1 aliphatic rings. The van der Waals surface area contributed by atoms with Crippen molar-refractivity contribution in [3.8, 4) is 25.0 Å². The van der Waals surface area contributed by atoms with Gasteiger partial charge in [0.05, 0.1) is 6.07 Å². The molecule has 13 heteroatoms. The molecule has 1 fully saturated rings. The van der Waals surface area contributed by atoms with Crippen molar-refractivity contribution in [2.75, 3.05) is 63.2 Å². The number of thioether (sulfide) groups is 1. The average Bonchev–Trinajstić information content (AvgIpc) is 3.34. The van der Waals surface area contributed by atoms with Crippen molar-refractivity contribution in [2.24, 2.45) is 5.41 Å². The number of nitriles is 2. The molecule has 49 heavy (non-hydrogen) atoms. The number of nitrogens with one attached hydrogen (secondary N) is 4. The molecule has 12 nitrogen and oxygen atoms in total. The summed E-state index contributed by atoms with van der Waals surface area (Å²) in [6, 6.07) is 9.01. The molecule has 268 valence electrons. The molecule has 2 rings (SSSR count). The summed E-state index contributed by atoms with van der Waals surface area (Å²) >= 11 is 1.14. The van der Waals surface area contributed by atoms with E-state index in [1.165, 1.54) is 30.6 Å². The summed E-state index contributed by atoms with van der Waals surface area (Å²) in [4.78, 5) is 41.4. The van der Waals surface area contributed by atoms with Crippen LogP contribution >= 0.6 is 11.8 Å². The minimum absolute atomic E-state index is 0.0753. The zero-order valence-corrected chi connectivity index (χ0v) is 30.8. The fraction of sp³-hybridized carbons (Fsp3) is 0.528. The number of anilines is 2. The Morgan fingerprint density at radius 3 is 2.14 bits per heavy atom. The average molecular weight is 695 g/mol. The van der Waals surface area contributed by atoms with Crippen LogP contribution in [0.5, 0.6) is 0 Å². The van der Waals surface area contributed by atoms with Gasteiger partial charge in [0.1, 0.15) is 29.9 Å². The van der Waals surface area contributed by atoms with E-state index in [-0.39, 0.29) is 30.7 Å². The van der Waals surface area contributed by atoms with Gasteiger partial charge < -0.3 is 36.2 Å². The zero-order valence-electron chi connectivity index (χ0n) is 29.9. The molecule has 0 aliphatic carbocycles. The summed E-state index contributed by atoms with van der Waals surface area (Å²) in [6.07, 6.45) is 13.1. The van der Waals surface area contributed by atoms with Crippen molar-refractivity contribution in [2.45, 2.75) is 67.2 Å². The third-order valence-corrected chi connectivity index (χ3v) is 7.92. The number of hydrogen-bond donors (Lipinski definition) is 5. The van der Waals surface area contributed by atoms with Crippen molar-refractivity contribution < 1.29 is 19.5 Å². The molecular formula is C36H54N8O4S. The number of rotatable bonds is 14. The number of aliphatic hydroxyl groups excluding tert-OH is 1. The predicted octanol–water partition coefficient (Wildman–Crippen LogP) is 4.86. The monoisotopic (exact) mass is 694 g/mol. The number of carbonyl (C=O) groups excluding carboxylic acids is 3. The van der Waals surface area contributed by atoms with Gasteiger partial charge in [-0.2, -0.15) is 10.5 Å². The first-order chi connectivity index (χ1) is 23.3. The van der Waals surface area contributed by atoms with E-state index >= 15 is 0 Å². The Labute approximate surface area is 297 Å². The zero-order chi connectivity index (χ0) is 37.4. The van der Waals surface area contributed by atoms with Crippen LogP contribution in [0.4, 0.5) is 11.4 Å². The second kappa shape index (κ2) is 24.6. The lowest BCUT2D eigenvalue weighted by Crippen LogP contribution is -2.35. The third kappa shape index (κ3) is 17.5. The van der Waals surface area contributed by atoms with Crippen molar-refractivity contribution in [1.82, 2.24) is 20.4 Å². The predicted molar refractivity (Wildman–Crippen MR) is 199 cm³/mol. The number of amides is 3. The first-order valence-electron chi connectivity index (χ1n) is 16.3. The fourth-order valence-electron chi connectivity index (χ4n) is 4.40. The van der Waals surface area contributed by atoms with E-state index < -0.39 is 11.3 Å². The molecule has 1 heterocycles. The van der Waals surface area contributed by atoms with Gasteiger partial charge in [0.2, 0.25) is 5.91 Å². The van der Waals surface area contributed by atoms with E-state index in [4.69, 9.17) is 10.5 Å². The highest BCUT2D eigenvalue weighted by atomic mass is 32.2. The molecule has 1 saturated heterocycles. The second-order valence-electron chi connectivity index (χ2n) is 12.0. The third-order valence-electron chi connectivity index (χ3n) is 6.92. The number of benzene rings is 1. The van der Waals surface area contributed by atoms with Gasteiger partial charge in [-0.3, -0.25) is 14.4 Å². The molecular weight excluding hydrogens is 641 g/mol. The lowest BCUT2D eigenvalue weighted by atomic mass is 9.95. The lowest BCUT2D eigenvalue weighted by molar-refractivity contribution is -0.123. The van der Waals surface area contributed by atoms with Crippen molar-refractivity contribution in [1.29, 1.82) is 10.5 Å². The van der Waals surface area contributed by atoms with Gasteiger partial charge in [-0.25, -0.2) is 0 Å². The Hall–Kier alpha value is -4.48. The van der Waals surface area contributed by atoms with Crippen LogP contribution in [-0.2, 0) is 9.59 Å². The highest BCUT2D eigenvalue weighted by Gasteiger charge is 2.22. The molecule has 0 atom stereocenters. The Balaban J connectivity index is 0.000000961. The summed E-state index contributed by atoms with van der Waals surface area (Å²) in [5.41, 5.74) is 1.38. The van der Waals surface area contributed by atoms with Crippen molar-refractivity contribution >= 4 is 40.9 Å². The van der Waals surface area contributed by atoms with Gasteiger partial charge in [0, 0.05) is 48.5 Å². The number of allylic oxidation sites excluding steroid dienone is 1. The van der Waals surface area contributed by atoms with Crippen LogP contribution in [-0.4, -0.2) is 85.2 Å². The minimum Gasteiger partial charge on any atom is -0.385 e. The van der Waals surface area contributed by atoms with Crippen LogP contribution in [0, 0.1) is 40.9 Å². The maximum Gasteiger partial charge on any atom is 0.265 e. The van der Waals surface area contributed by atoms with Gasteiger partial charge in [0.15, 0.2) is 0 Å². The number of carbonyl (C=O) groups is 3. The normalized spacial score (nSPS) is 13.1. The lowest BCUT2D eigenvalue weighted by Gasteiger charge is -2.23. The van der Waals surface area contributed by atoms with Gasteiger partial charge in [-0.1, -0.05) is 52.0 Å². The fourth-order valence-corrected chi connectivity index (χ4v) is 5.28. The highest BCUT2D eigenvalue weighted by Crippen LogP contribution is 2.29. The van der Waals surface area contributed by atoms with Gasteiger partial charge in [0.25, 0.3) is 11.8 Å². The maximum atomic E-state index is 12.7. The molecule has 0 saturated carbocycles. The van der Waals surface area contributed by atoms with Gasteiger partial charge >= 0.3 is 0 Å². The van der Waals surface area contributed by atoms with Crippen molar-refractivity contribution in [3.63, 3.8) is 0 Å². The van der Waals surface area contributed by atoms with Crippen LogP contribution in [0.25, 0.3) is 0 Å². The first-order valence-corrected chi connectivity index (χ1v) is 17.2. The summed E-state index contributed by atoms with van der Waals surface area (Å²) in [5.74, 6) is -0.825. The standard InChI is InChI=1S/C22H36N4O2.C12H16N4O2S.C2H2/c1-5-23-18-14-17(15-19(16-18)25-21(28)22(2,3)4)20(27)24-10-13-26-11-8-6-7-9-12-26;1-4-16(8-17)12(19-9(2)3)10(7-14)11(18)15-6-5-13;1-2/h14-16,23H,5-13H2,1-4H3,(H,24,27)(H,25,28);17H,2,4,6,8H2,1,3H3,(H,15,18);1-2H/b;12-10-;. The number of likely N-dealkylation sites (tertiary alicyclic amines) is 1. The second-order valence-corrected chi connectivity index (χ2v) is 13.3. The first kappa shape index (κ1) is 44.5. The summed E-state index contributed by atoms with van der Waals surface area (Å²) in [7, 11) is 0. The minimum atomic E-state index is -0.639. The smallest absolute Gasteiger partial charge is 0.265 e. The number of aliphatic hydroxyl groups is 1. The van der Waals surface area contributed by atoms with E-state index in [1.54, 1.807) is 26.0 Å². The van der Waals surface area contributed by atoms with Gasteiger partial charge in [-0.15, -0.1) is 12.8 Å². The van der Waals surface area contributed by atoms with Crippen LogP contribution in [0.3, 0.4) is 0 Å². The van der Waals surface area contributed by atoms with E-state index in [9.17, 15) is 19.5 Å². The van der Waals surface area contributed by atoms with E-state index in [0.29, 0.717) is 34.3 Å². The Morgan fingerprint density at radius 1 is 1.04 bits per heavy atom. The largest absolute Gasteiger partial charge is 0.385 e. The van der Waals surface area contributed by atoms with Crippen LogP contribution in [0.15, 0.2) is 40.3 Å². The van der Waals surface area contributed by atoms with Gasteiger partial charge in [-0.05, 0) is 69.8 Å². The topological polar surface area (TPSA) is 174 Å². The number of hydrogen-bond acceptors (Lipinski definition) is 10. The quantitative estimate of drug-likeness (QED) is 0.0595. The molecule has 0 aromatic heterocycles. The molecule has 0 unspecified atom stereocenters. The SMILES string of the molecule is C#C.C=C(C)S/C(=C(/C#N)C(=O)NCC#N)N(CC)CO.CCNc1cc(NC(=O)C(C)(C)C)cc(C(=O)NCCN2CCCCCC2)c1.